The minimum absolute atomic E-state index is 0.0575. The summed E-state index contributed by atoms with van der Waals surface area (Å²) in [6.07, 6.45) is 0.961. The summed E-state index contributed by atoms with van der Waals surface area (Å²) >= 11 is 0. The topological polar surface area (TPSA) is 54.0 Å². The van der Waals surface area contributed by atoms with Gasteiger partial charge in [0.15, 0.2) is 0 Å². The molecule has 27 heavy (non-hydrogen) atoms. The number of para-hydroxylation sites is 1. The molecule has 0 unspecified atom stereocenters. The minimum Gasteiger partial charge on any atom is -0.352 e. The Morgan fingerprint density at radius 2 is 1.85 bits per heavy atom. The van der Waals surface area contributed by atoms with E-state index in [2.05, 4.69) is 50.5 Å². The van der Waals surface area contributed by atoms with E-state index in [1.807, 2.05) is 36.4 Å². The van der Waals surface area contributed by atoms with Gasteiger partial charge in [0, 0.05) is 17.6 Å². The van der Waals surface area contributed by atoms with Crippen LogP contribution in [0, 0.1) is 19.8 Å². The minimum atomic E-state index is -0.0575. The van der Waals surface area contributed by atoms with Crippen molar-refractivity contribution in [3.05, 3.63) is 65.2 Å². The number of hydrogen-bond donors (Lipinski definition) is 2. The maximum Gasteiger partial charge on any atom is 0.252 e. The third-order valence-electron chi connectivity index (χ3n) is 4.61. The first-order chi connectivity index (χ1) is 12.9. The van der Waals surface area contributed by atoms with Crippen molar-refractivity contribution in [3.8, 4) is 0 Å². The first-order valence-electron chi connectivity index (χ1n) is 9.46. The van der Waals surface area contributed by atoms with Crippen molar-refractivity contribution in [2.75, 3.05) is 11.9 Å². The number of fused-ring (bicyclic) bond motifs is 1. The standard InChI is InChI=1S/C23H27N3O/c1-15(2)11-12-24-23(27)19-14-22(26-21-8-6-5-7-18(19)21)25-20-10-9-16(3)13-17(20)4/h5-10,13-15H,11-12H2,1-4H3,(H,24,27)(H,25,26). The maximum atomic E-state index is 12.8. The Hall–Kier alpha value is -2.88. The molecule has 1 aromatic heterocycles. The Morgan fingerprint density at radius 3 is 2.59 bits per heavy atom. The van der Waals surface area contributed by atoms with Crippen LogP contribution in [-0.4, -0.2) is 17.4 Å². The van der Waals surface area contributed by atoms with E-state index >= 15 is 0 Å². The molecule has 1 heterocycles. The van der Waals surface area contributed by atoms with Crippen LogP contribution in [0.15, 0.2) is 48.5 Å². The fourth-order valence-electron chi connectivity index (χ4n) is 3.09. The van der Waals surface area contributed by atoms with Gasteiger partial charge in [0.05, 0.1) is 11.1 Å². The van der Waals surface area contributed by atoms with Gasteiger partial charge in [-0.1, -0.05) is 49.7 Å². The second kappa shape index (κ2) is 8.21. The quantitative estimate of drug-likeness (QED) is 0.620. The summed E-state index contributed by atoms with van der Waals surface area (Å²) in [6.45, 7) is 9.12. The van der Waals surface area contributed by atoms with Gasteiger partial charge in [0.25, 0.3) is 5.91 Å². The van der Waals surface area contributed by atoms with Crippen molar-refractivity contribution in [3.63, 3.8) is 0 Å². The fourth-order valence-corrected chi connectivity index (χ4v) is 3.09. The summed E-state index contributed by atoms with van der Waals surface area (Å²) in [5.41, 5.74) is 4.81. The Labute approximate surface area is 161 Å². The molecule has 1 amide bonds. The van der Waals surface area contributed by atoms with E-state index in [1.54, 1.807) is 0 Å². The van der Waals surface area contributed by atoms with Crippen LogP contribution in [0.5, 0.6) is 0 Å². The number of benzene rings is 2. The molecular formula is C23H27N3O. The van der Waals surface area contributed by atoms with Gasteiger partial charge in [0.2, 0.25) is 0 Å². The van der Waals surface area contributed by atoms with Crippen LogP contribution in [-0.2, 0) is 0 Å². The molecular weight excluding hydrogens is 334 g/mol. The molecule has 2 aromatic carbocycles. The van der Waals surface area contributed by atoms with Crippen molar-refractivity contribution >= 4 is 28.3 Å². The predicted octanol–water partition coefficient (Wildman–Crippen LogP) is 5.37. The average Bonchev–Trinajstić information content (AvgIpc) is 2.63. The molecule has 0 spiro atoms. The van der Waals surface area contributed by atoms with Gasteiger partial charge in [-0.25, -0.2) is 4.98 Å². The molecule has 0 saturated heterocycles. The molecule has 0 aliphatic rings. The Kier molecular flexibility index (Phi) is 5.75. The number of carbonyl (C=O) groups excluding carboxylic acids is 1. The van der Waals surface area contributed by atoms with Crippen LogP contribution in [0.25, 0.3) is 10.9 Å². The second-order valence-electron chi connectivity index (χ2n) is 7.45. The normalized spacial score (nSPS) is 11.0. The number of nitrogens with zero attached hydrogens (tertiary/aromatic N) is 1. The van der Waals surface area contributed by atoms with Crippen molar-refractivity contribution in [2.45, 2.75) is 34.1 Å². The van der Waals surface area contributed by atoms with Crippen LogP contribution >= 0.6 is 0 Å². The van der Waals surface area contributed by atoms with Gasteiger partial charge in [0.1, 0.15) is 5.82 Å². The van der Waals surface area contributed by atoms with Crippen LogP contribution in [0.1, 0.15) is 41.8 Å². The molecule has 3 rings (SSSR count). The number of amides is 1. The van der Waals surface area contributed by atoms with E-state index < -0.39 is 0 Å². The first kappa shape index (κ1) is 18.9. The third-order valence-corrected chi connectivity index (χ3v) is 4.61. The SMILES string of the molecule is Cc1ccc(Nc2cc(C(=O)NCCC(C)C)c3ccccc3n2)c(C)c1. The lowest BCUT2D eigenvalue weighted by molar-refractivity contribution is 0.0953. The second-order valence-corrected chi connectivity index (χ2v) is 7.45. The highest BCUT2D eigenvalue weighted by molar-refractivity contribution is 6.07. The zero-order valence-electron chi connectivity index (χ0n) is 16.5. The number of hydrogen-bond acceptors (Lipinski definition) is 3. The van der Waals surface area contributed by atoms with Crippen LogP contribution in [0.2, 0.25) is 0 Å². The average molecular weight is 361 g/mol. The van der Waals surface area contributed by atoms with E-state index in [0.717, 1.165) is 28.6 Å². The Morgan fingerprint density at radius 1 is 1.07 bits per heavy atom. The van der Waals surface area contributed by atoms with E-state index in [1.165, 1.54) is 5.56 Å². The number of aryl methyl sites for hydroxylation is 2. The van der Waals surface area contributed by atoms with Gasteiger partial charge in [-0.05, 0) is 49.9 Å². The largest absolute Gasteiger partial charge is 0.352 e. The highest BCUT2D eigenvalue weighted by Crippen LogP contribution is 2.25. The van der Waals surface area contributed by atoms with Gasteiger partial charge in [-0.3, -0.25) is 4.79 Å². The molecule has 0 saturated carbocycles. The lowest BCUT2D eigenvalue weighted by Gasteiger charge is -2.13. The highest BCUT2D eigenvalue weighted by atomic mass is 16.1. The molecule has 4 nitrogen and oxygen atoms in total. The molecule has 140 valence electrons. The van der Waals surface area contributed by atoms with Crippen LogP contribution in [0.3, 0.4) is 0 Å². The summed E-state index contributed by atoms with van der Waals surface area (Å²) in [7, 11) is 0. The van der Waals surface area contributed by atoms with E-state index in [0.29, 0.717) is 23.8 Å². The number of pyridine rings is 1. The zero-order chi connectivity index (χ0) is 19.4. The van der Waals surface area contributed by atoms with Crippen molar-refractivity contribution in [2.24, 2.45) is 5.92 Å². The maximum absolute atomic E-state index is 12.8. The monoisotopic (exact) mass is 361 g/mol. The zero-order valence-corrected chi connectivity index (χ0v) is 16.5. The highest BCUT2D eigenvalue weighted by Gasteiger charge is 2.13. The predicted molar refractivity (Wildman–Crippen MR) is 113 cm³/mol. The lowest BCUT2D eigenvalue weighted by atomic mass is 10.1. The molecule has 0 radical (unpaired) electrons. The van der Waals surface area contributed by atoms with E-state index in [-0.39, 0.29) is 5.91 Å². The number of aromatic nitrogens is 1. The summed E-state index contributed by atoms with van der Waals surface area (Å²) in [5.74, 6) is 1.17. The van der Waals surface area contributed by atoms with Crippen molar-refractivity contribution in [1.82, 2.24) is 10.3 Å². The molecule has 4 heteroatoms. The summed E-state index contributed by atoms with van der Waals surface area (Å²) in [5, 5.41) is 7.27. The molecule has 0 aliphatic heterocycles. The van der Waals surface area contributed by atoms with Crippen LogP contribution in [0.4, 0.5) is 11.5 Å². The fraction of sp³-hybridized carbons (Fsp3) is 0.304. The number of anilines is 2. The molecule has 0 bridgehead atoms. The summed E-state index contributed by atoms with van der Waals surface area (Å²) in [6, 6.07) is 15.8. The molecule has 0 aliphatic carbocycles. The number of carbonyl (C=O) groups is 1. The lowest BCUT2D eigenvalue weighted by Crippen LogP contribution is -2.25. The van der Waals surface area contributed by atoms with Gasteiger partial charge in [-0.15, -0.1) is 0 Å². The van der Waals surface area contributed by atoms with Gasteiger partial charge >= 0.3 is 0 Å². The summed E-state index contributed by atoms with van der Waals surface area (Å²) < 4.78 is 0. The first-order valence-corrected chi connectivity index (χ1v) is 9.46. The van der Waals surface area contributed by atoms with Gasteiger partial charge in [-0.2, -0.15) is 0 Å². The Bertz CT molecular complexity index is 963. The molecule has 2 N–H and O–H groups in total. The number of nitrogens with one attached hydrogen (secondary N) is 2. The van der Waals surface area contributed by atoms with E-state index in [9.17, 15) is 4.79 Å². The van der Waals surface area contributed by atoms with E-state index in [4.69, 9.17) is 4.98 Å². The van der Waals surface area contributed by atoms with Gasteiger partial charge < -0.3 is 10.6 Å². The molecule has 0 atom stereocenters. The molecule has 0 fully saturated rings. The molecule has 3 aromatic rings. The van der Waals surface area contributed by atoms with Crippen molar-refractivity contribution in [1.29, 1.82) is 0 Å². The smallest absolute Gasteiger partial charge is 0.252 e. The van der Waals surface area contributed by atoms with Crippen molar-refractivity contribution < 1.29 is 4.79 Å². The van der Waals surface area contributed by atoms with Crippen LogP contribution < -0.4 is 10.6 Å². The summed E-state index contributed by atoms with van der Waals surface area (Å²) in [4.78, 5) is 17.5. The third kappa shape index (κ3) is 4.64. The Balaban J connectivity index is 1.94. The number of rotatable bonds is 6.